The number of hydrogen-bond acceptors (Lipinski definition) is 15. The fourth-order valence-electron chi connectivity index (χ4n) is 11.5. The van der Waals surface area contributed by atoms with Gasteiger partial charge in [0.2, 0.25) is 0 Å². The first-order chi connectivity index (χ1) is 44.8. The van der Waals surface area contributed by atoms with E-state index in [1.807, 2.05) is 27.9 Å². The van der Waals surface area contributed by atoms with Crippen LogP contribution in [0, 0.1) is 36.9 Å². The second kappa shape index (κ2) is 35.3. The summed E-state index contributed by atoms with van der Waals surface area (Å²) in [7, 11) is 0. The van der Waals surface area contributed by atoms with Gasteiger partial charge < -0.3 is 9.47 Å². The number of benzene rings is 3. The van der Waals surface area contributed by atoms with E-state index in [9.17, 15) is 15.8 Å². The van der Waals surface area contributed by atoms with Gasteiger partial charge in [0.25, 0.3) is 0 Å². The van der Waals surface area contributed by atoms with Gasteiger partial charge in [0.1, 0.15) is 37.2 Å². The standard InChI is InChI=1S/C18H14Cl2N4OS.C18H12Cl2N4OS.C13H5Cl2IN4S.C5H7O.3C4H9.Sn/c2*19-11-1-2-12(14(20)7-11)15-13(8-21)16(10-3-5-25-6-4-10)26-17(15)18-22-9-23-24-18;14-6-1-2-7(9(15)3-6)10-8(4-17)12(16)21-11(10)13-18-5-19-20-13;1-2-4-6-5-3-1;3*1-3-4-2;/h1-2,7,9-10H,3-6H2,(H,22,23,24);1-3,7,9H,4-6H2,(H,22,23,24);1-3,5H,(H,18,19,20);2H,3-5H2;3*1,3-4H2,2H3;. The van der Waals surface area contributed by atoms with E-state index in [2.05, 4.69) is 113 Å². The molecule has 92 heavy (non-hydrogen) atoms. The fourth-order valence-corrected chi connectivity index (χ4v) is 34.7. The molecule has 12 rings (SSSR count). The van der Waals surface area contributed by atoms with Gasteiger partial charge in [-0.1, -0.05) is 93.9 Å². The monoisotopic (exact) mass is 1630 g/mol. The maximum atomic E-state index is 9.96. The summed E-state index contributed by atoms with van der Waals surface area (Å²) < 4.78 is 24.1. The first-order valence-corrected chi connectivity index (χ1v) is 43.5. The first-order valence-electron chi connectivity index (χ1n) is 30.2. The minimum absolute atomic E-state index is 0.296. The molecule has 3 N–H and O–H groups in total. The number of unbranched alkanes of at least 4 members (excludes halogenated alkanes) is 3. The third-order valence-electron chi connectivity index (χ3n) is 16.1. The van der Waals surface area contributed by atoms with Crippen molar-refractivity contribution in [3.05, 3.63) is 149 Å². The molecule has 3 aromatic carbocycles. The molecule has 9 heterocycles. The Morgan fingerprint density at radius 2 is 0.967 bits per heavy atom. The summed E-state index contributed by atoms with van der Waals surface area (Å²) in [4.78, 5) is 17.2. The van der Waals surface area contributed by atoms with E-state index < -0.39 is 18.4 Å². The Morgan fingerprint density at radius 3 is 1.37 bits per heavy atom. The minimum Gasteiger partial charge on any atom is -0.381 e. The molecule has 0 atom stereocenters. The van der Waals surface area contributed by atoms with Crippen LogP contribution in [-0.4, -0.2) is 104 Å². The normalized spacial score (nSPS) is 14.1. The predicted octanol–water partition coefficient (Wildman–Crippen LogP) is 21.2. The van der Waals surface area contributed by atoms with Crippen molar-refractivity contribution in [2.75, 3.05) is 39.6 Å². The molecule has 0 unspecified atom stereocenters. The van der Waals surface area contributed by atoms with Crippen molar-refractivity contribution < 1.29 is 14.2 Å². The van der Waals surface area contributed by atoms with Crippen LogP contribution in [0.25, 0.3) is 71.1 Å². The van der Waals surface area contributed by atoms with Crippen LogP contribution >= 0.6 is 126 Å². The maximum Gasteiger partial charge on any atom is 0.166 e. The van der Waals surface area contributed by atoms with Crippen molar-refractivity contribution >= 4 is 150 Å². The van der Waals surface area contributed by atoms with Crippen LogP contribution < -0.4 is 0 Å². The number of nitriles is 3. The summed E-state index contributed by atoms with van der Waals surface area (Å²) in [5.41, 5.74) is 7.48. The summed E-state index contributed by atoms with van der Waals surface area (Å²) in [5, 5.41) is 52.9. The number of H-pyrrole nitrogens is 3. The summed E-state index contributed by atoms with van der Waals surface area (Å²) in [6.07, 6.45) is 21.2. The van der Waals surface area contributed by atoms with Crippen molar-refractivity contribution in [2.45, 2.75) is 104 Å². The van der Waals surface area contributed by atoms with Crippen molar-refractivity contribution in [3.8, 4) is 83.7 Å². The number of aromatic amines is 3. The van der Waals surface area contributed by atoms with E-state index in [-0.39, 0.29) is 0 Å². The van der Waals surface area contributed by atoms with Crippen LogP contribution in [0.1, 0.15) is 117 Å². The topological polar surface area (TPSA) is 224 Å². The molecular weight excluding hydrogens is 1560 g/mol. The van der Waals surface area contributed by atoms with Crippen molar-refractivity contribution in [1.29, 1.82) is 15.8 Å². The van der Waals surface area contributed by atoms with Crippen molar-refractivity contribution in [1.82, 2.24) is 45.5 Å². The summed E-state index contributed by atoms with van der Waals surface area (Å²) in [6.45, 7) is 11.6. The molecule has 0 aliphatic carbocycles. The summed E-state index contributed by atoms with van der Waals surface area (Å²) in [5.74, 6) is 2.14. The average Bonchev–Trinajstić information content (AvgIpc) is 1.65. The van der Waals surface area contributed by atoms with Gasteiger partial charge in [-0.15, -0.1) is 34.0 Å². The molecular formula is C66H65Cl6IN12O3S3Sn. The van der Waals surface area contributed by atoms with E-state index in [1.165, 1.54) is 86.6 Å². The zero-order chi connectivity index (χ0) is 65.2. The van der Waals surface area contributed by atoms with Crippen molar-refractivity contribution in [2.24, 2.45) is 0 Å². The molecule has 0 bridgehead atoms. The largest absolute Gasteiger partial charge is 0.381 e. The molecule has 6 aromatic heterocycles. The number of halogens is 7. The minimum atomic E-state index is -2.04. The molecule has 1 fully saturated rings. The second-order valence-electron chi connectivity index (χ2n) is 21.8. The molecule has 3 aliphatic rings. The van der Waals surface area contributed by atoms with Crippen LogP contribution in [0.15, 0.2) is 89.3 Å². The van der Waals surface area contributed by atoms with E-state index in [0.29, 0.717) is 96.6 Å². The molecule has 9 aromatic rings. The molecule has 3 aliphatic heterocycles. The van der Waals surface area contributed by atoms with E-state index in [0.717, 1.165) is 98.7 Å². The number of nitrogens with one attached hydrogen (secondary N) is 3. The molecule has 0 spiro atoms. The molecule has 0 saturated carbocycles. The Balaban J connectivity index is 0.000000146. The quantitative estimate of drug-likeness (QED) is 0.0539. The zero-order valence-corrected chi connectivity index (χ0v) is 62.7. The molecule has 0 radical (unpaired) electrons. The Bertz CT molecular complexity index is 4110. The van der Waals surface area contributed by atoms with Crippen LogP contribution in [0.5, 0.6) is 0 Å². The number of thiophene rings is 3. The number of hydrogen-bond donors (Lipinski definition) is 3. The van der Waals surface area contributed by atoms with Gasteiger partial charge in [0, 0.05) is 86.5 Å². The fraction of sp³-hybridized carbons (Fsp3) is 0.348. The maximum absolute atomic E-state index is 9.96. The van der Waals surface area contributed by atoms with Gasteiger partial charge in [-0.3, -0.25) is 15.3 Å². The Hall–Kier alpha value is -4.72. The molecule has 478 valence electrons. The van der Waals surface area contributed by atoms with Gasteiger partial charge in [0.05, 0.1) is 47.4 Å². The van der Waals surface area contributed by atoms with Gasteiger partial charge in [-0.2, -0.15) is 31.1 Å². The molecule has 15 nitrogen and oxygen atoms in total. The van der Waals surface area contributed by atoms with Gasteiger partial charge in [0.15, 0.2) is 17.5 Å². The number of nitrogens with zero attached hydrogens (tertiary/aromatic N) is 9. The van der Waals surface area contributed by atoms with E-state index in [4.69, 9.17) is 83.8 Å². The van der Waals surface area contributed by atoms with Crippen LogP contribution in [0.3, 0.4) is 0 Å². The van der Waals surface area contributed by atoms with Gasteiger partial charge in [-0.25, -0.2) is 15.0 Å². The number of ether oxygens (including phenoxy) is 3. The third kappa shape index (κ3) is 17.5. The Kier molecular flexibility index (Phi) is 27.5. The van der Waals surface area contributed by atoms with Gasteiger partial charge in [-0.05, 0) is 89.7 Å². The molecule has 0 amide bonds. The Labute approximate surface area is 595 Å². The van der Waals surface area contributed by atoms with E-state index >= 15 is 0 Å². The van der Waals surface area contributed by atoms with Crippen LogP contribution in [-0.2, 0) is 14.2 Å². The summed E-state index contributed by atoms with van der Waals surface area (Å²) >= 11 is 41.9. The predicted molar refractivity (Wildman–Crippen MR) is 387 cm³/mol. The van der Waals surface area contributed by atoms with E-state index in [1.54, 1.807) is 61.0 Å². The van der Waals surface area contributed by atoms with Gasteiger partial charge >= 0.3 is 125 Å². The number of aromatic nitrogens is 9. The zero-order valence-electron chi connectivity index (χ0n) is 50.7. The summed E-state index contributed by atoms with van der Waals surface area (Å²) in [6, 6.07) is 22.8. The molecule has 1 saturated heterocycles. The average molecular weight is 1630 g/mol. The third-order valence-corrected chi connectivity index (χ3v) is 38.9. The number of rotatable bonds is 18. The van der Waals surface area contributed by atoms with Crippen LogP contribution in [0.4, 0.5) is 0 Å². The molecule has 26 heteroatoms. The Morgan fingerprint density at radius 1 is 0.533 bits per heavy atom. The first kappa shape index (κ1) is 71.6. The van der Waals surface area contributed by atoms with Crippen LogP contribution in [0.2, 0.25) is 43.4 Å². The smallest absolute Gasteiger partial charge is 0.166 e. The second-order valence-corrected chi connectivity index (χ2v) is 42.7. The SMILES string of the molecule is CCC[CH2][Sn]([CH2]CCC)([CH2]CCC)[C]1=CCOCC1.N#Cc1c(C2=CCOCC2)sc(-c2ncn[nH]2)c1-c1ccc(Cl)cc1Cl.N#Cc1c(C2CCOCC2)sc(-c2ncn[nH]2)c1-c1ccc(Cl)cc1Cl.N#Cc1c(I)sc(-c2ncn[nH]2)c1-c1ccc(Cl)cc1Cl. The van der Waals surface area contributed by atoms with Crippen molar-refractivity contribution in [3.63, 3.8) is 0 Å².